The van der Waals surface area contributed by atoms with Crippen molar-refractivity contribution in [3.63, 3.8) is 0 Å². The number of carboxylic acids is 1. The van der Waals surface area contributed by atoms with Crippen LogP contribution in [0.25, 0.3) is 0 Å². The first-order chi connectivity index (χ1) is 9.57. The predicted octanol–water partition coefficient (Wildman–Crippen LogP) is 0.833. The van der Waals surface area contributed by atoms with Gasteiger partial charge in [0.25, 0.3) is 0 Å². The van der Waals surface area contributed by atoms with Crippen molar-refractivity contribution in [1.29, 1.82) is 0 Å². The molecule has 0 spiro atoms. The zero-order valence-electron chi connectivity index (χ0n) is 12.1. The Balaban J connectivity index is 3.13. The van der Waals surface area contributed by atoms with Gasteiger partial charge in [0.15, 0.2) is 0 Å². The van der Waals surface area contributed by atoms with Crippen molar-refractivity contribution in [1.82, 2.24) is 4.72 Å². The molecular formula is C13H19NO6S. The summed E-state index contributed by atoms with van der Waals surface area (Å²) in [5, 5.41) is 18.7. The molecule has 0 aliphatic heterocycles. The Hall–Kier alpha value is -1.64. The molecule has 0 bridgehead atoms. The molecule has 118 valence electrons. The molecule has 1 rings (SSSR count). The molecule has 0 unspecified atom stereocenters. The maximum Gasteiger partial charge on any atom is 0.339 e. The Kier molecular flexibility index (Phi) is 5.32. The molecule has 0 fully saturated rings. The zero-order valence-corrected chi connectivity index (χ0v) is 12.9. The van der Waals surface area contributed by atoms with Crippen LogP contribution < -0.4 is 9.46 Å². The molecule has 21 heavy (non-hydrogen) atoms. The third-order valence-electron chi connectivity index (χ3n) is 2.49. The Bertz CT molecular complexity index is 618. The fourth-order valence-corrected chi connectivity index (χ4v) is 2.71. The quantitative estimate of drug-likeness (QED) is 0.686. The Morgan fingerprint density at radius 2 is 2.00 bits per heavy atom. The smallest absolute Gasteiger partial charge is 0.339 e. The molecular weight excluding hydrogens is 298 g/mol. The lowest BCUT2D eigenvalue weighted by Crippen LogP contribution is -2.38. The van der Waals surface area contributed by atoms with E-state index in [2.05, 4.69) is 4.72 Å². The first kappa shape index (κ1) is 17.4. The SMILES string of the molecule is CCOc1ccc(S(=O)(=O)NCC(C)(C)O)cc1C(=O)O. The van der Waals surface area contributed by atoms with Gasteiger partial charge in [0.1, 0.15) is 11.3 Å². The minimum atomic E-state index is -3.91. The molecule has 0 aliphatic rings. The maximum atomic E-state index is 12.1. The predicted molar refractivity (Wildman–Crippen MR) is 76.1 cm³/mol. The van der Waals surface area contributed by atoms with Gasteiger partial charge in [-0.2, -0.15) is 0 Å². The highest BCUT2D eigenvalue weighted by Gasteiger charge is 2.22. The molecule has 0 saturated carbocycles. The molecule has 0 amide bonds. The summed E-state index contributed by atoms with van der Waals surface area (Å²) in [6.07, 6.45) is 0. The average Bonchev–Trinajstić information content (AvgIpc) is 2.36. The molecule has 0 aliphatic carbocycles. The number of rotatable bonds is 7. The Morgan fingerprint density at radius 1 is 1.38 bits per heavy atom. The largest absolute Gasteiger partial charge is 0.493 e. The van der Waals surface area contributed by atoms with Crippen LogP contribution in [-0.4, -0.2) is 43.4 Å². The van der Waals surface area contributed by atoms with Crippen LogP contribution in [0.5, 0.6) is 5.75 Å². The summed E-state index contributed by atoms with van der Waals surface area (Å²) >= 11 is 0. The number of hydrogen-bond donors (Lipinski definition) is 3. The van der Waals surface area contributed by atoms with Crippen molar-refractivity contribution in [2.24, 2.45) is 0 Å². The highest BCUT2D eigenvalue weighted by Crippen LogP contribution is 2.23. The Labute approximate surface area is 123 Å². The molecule has 0 heterocycles. The topological polar surface area (TPSA) is 113 Å². The summed E-state index contributed by atoms with van der Waals surface area (Å²) < 4.78 is 31.5. The lowest BCUT2D eigenvalue weighted by Gasteiger charge is -2.18. The van der Waals surface area contributed by atoms with Gasteiger partial charge in [0.05, 0.1) is 17.1 Å². The fourth-order valence-electron chi connectivity index (χ4n) is 1.48. The number of nitrogens with one attached hydrogen (secondary N) is 1. The number of sulfonamides is 1. The van der Waals surface area contributed by atoms with Gasteiger partial charge < -0.3 is 14.9 Å². The van der Waals surface area contributed by atoms with Crippen molar-refractivity contribution < 1.29 is 28.2 Å². The summed E-state index contributed by atoms with van der Waals surface area (Å²) in [5.41, 5.74) is -1.45. The molecule has 0 atom stereocenters. The van der Waals surface area contributed by atoms with Crippen molar-refractivity contribution in [2.45, 2.75) is 31.3 Å². The minimum absolute atomic E-state index is 0.103. The zero-order chi connectivity index (χ0) is 16.3. The van der Waals surface area contributed by atoms with Gasteiger partial charge in [-0.05, 0) is 39.0 Å². The molecule has 3 N–H and O–H groups in total. The van der Waals surface area contributed by atoms with E-state index in [-0.39, 0.29) is 29.4 Å². The van der Waals surface area contributed by atoms with E-state index >= 15 is 0 Å². The maximum absolute atomic E-state index is 12.1. The van der Waals surface area contributed by atoms with Crippen LogP contribution in [-0.2, 0) is 10.0 Å². The fraction of sp³-hybridized carbons (Fsp3) is 0.462. The first-order valence-corrected chi connectivity index (χ1v) is 7.77. The van der Waals surface area contributed by atoms with Gasteiger partial charge in [0.2, 0.25) is 10.0 Å². The second-order valence-corrected chi connectivity index (χ2v) is 6.80. The molecule has 0 aromatic heterocycles. The number of ether oxygens (including phenoxy) is 1. The number of aromatic carboxylic acids is 1. The van der Waals surface area contributed by atoms with Gasteiger partial charge in [0, 0.05) is 6.54 Å². The molecule has 0 saturated heterocycles. The van der Waals surface area contributed by atoms with E-state index in [0.29, 0.717) is 0 Å². The monoisotopic (exact) mass is 317 g/mol. The van der Waals surface area contributed by atoms with Gasteiger partial charge in [-0.3, -0.25) is 0 Å². The van der Waals surface area contributed by atoms with E-state index in [1.165, 1.54) is 26.0 Å². The minimum Gasteiger partial charge on any atom is -0.493 e. The van der Waals surface area contributed by atoms with Crippen LogP contribution in [0.2, 0.25) is 0 Å². The number of carboxylic acid groups (broad SMARTS) is 1. The third-order valence-corrected chi connectivity index (χ3v) is 3.89. The van der Waals surface area contributed by atoms with Crippen molar-refractivity contribution in [3.8, 4) is 5.75 Å². The molecule has 8 heteroatoms. The summed E-state index contributed by atoms with van der Waals surface area (Å²) in [5.74, 6) is -1.18. The van der Waals surface area contributed by atoms with Crippen LogP contribution in [0.4, 0.5) is 0 Å². The van der Waals surface area contributed by atoms with E-state index in [1.54, 1.807) is 6.92 Å². The van der Waals surface area contributed by atoms with E-state index in [1.807, 2.05) is 0 Å². The Morgan fingerprint density at radius 3 is 2.48 bits per heavy atom. The van der Waals surface area contributed by atoms with Gasteiger partial charge in [-0.15, -0.1) is 0 Å². The normalized spacial score (nSPS) is 12.2. The summed E-state index contributed by atoms with van der Waals surface area (Å²) in [6, 6.07) is 3.58. The van der Waals surface area contributed by atoms with E-state index in [9.17, 15) is 18.3 Å². The lowest BCUT2D eigenvalue weighted by molar-refractivity contribution is 0.0691. The van der Waals surface area contributed by atoms with Crippen LogP contribution in [0.3, 0.4) is 0 Å². The van der Waals surface area contributed by atoms with Crippen LogP contribution in [0, 0.1) is 0 Å². The van der Waals surface area contributed by atoms with E-state index in [4.69, 9.17) is 9.84 Å². The van der Waals surface area contributed by atoms with Crippen LogP contribution in [0.15, 0.2) is 23.1 Å². The van der Waals surface area contributed by atoms with Crippen molar-refractivity contribution >= 4 is 16.0 Å². The third kappa shape index (κ3) is 5.00. The standard InChI is InChI=1S/C13H19NO6S/c1-4-20-11-6-5-9(7-10(11)12(15)16)21(18,19)14-8-13(2,3)17/h5-7,14,17H,4,8H2,1-3H3,(H,15,16). The second kappa shape index (κ2) is 6.42. The van der Waals surface area contributed by atoms with Crippen molar-refractivity contribution in [3.05, 3.63) is 23.8 Å². The first-order valence-electron chi connectivity index (χ1n) is 6.29. The second-order valence-electron chi connectivity index (χ2n) is 5.03. The van der Waals surface area contributed by atoms with Gasteiger partial charge in [-0.1, -0.05) is 0 Å². The number of benzene rings is 1. The van der Waals surface area contributed by atoms with Gasteiger partial charge >= 0.3 is 5.97 Å². The summed E-state index contributed by atoms with van der Waals surface area (Å²) in [7, 11) is -3.91. The number of aliphatic hydroxyl groups is 1. The molecule has 1 aromatic carbocycles. The average molecular weight is 317 g/mol. The molecule has 0 radical (unpaired) electrons. The number of hydrogen-bond acceptors (Lipinski definition) is 5. The highest BCUT2D eigenvalue weighted by molar-refractivity contribution is 7.89. The molecule has 7 nitrogen and oxygen atoms in total. The van der Waals surface area contributed by atoms with Gasteiger partial charge in [-0.25, -0.2) is 17.9 Å². The van der Waals surface area contributed by atoms with Crippen molar-refractivity contribution in [2.75, 3.05) is 13.2 Å². The van der Waals surface area contributed by atoms with E-state index < -0.39 is 21.6 Å². The van der Waals surface area contributed by atoms with E-state index in [0.717, 1.165) is 6.07 Å². The van der Waals surface area contributed by atoms with Crippen LogP contribution in [0.1, 0.15) is 31.1 Å². The molecule has 1 aromatic rings. The summed E-state index contributed by atoms with van der Waals surface area (Å²) in [6.45, 7) is 4.68. The summed E-state index contributed by atoms with van der Waals surface area (Å²) in [4.78, 5) is 11.0. The number of carbonyl (C=O) groups is 1. The lowest BCUT2D eigenvalue weighted by atomic mass is 10.1. The van der Waals surface area contributed by atoms with Crippen LogP contribution >= 0.6 is 0 Å². The highest BCUT2D eigenvalue weighted by atomic mass is 32.2.